The number of rotatable bonds is 6. The highest BCUT2D eigenvalue weighted by Crippen LogP contribution is 2.60. The van der Waals surface area contributed by atoms with E-state index in [0.29, 0.717) is 30.1 Å². The Morgan fingerprint density at radius 1 is 1.10 bits per heavy atom. The molecule has 2 heterocycles. The summed E-state index contributed by atoms with van der Waals surface area (Å²) in [6.45, 7) is 0.586. The smallest absolute Gasteiger partial charge is 0.244 e. The van der Waals surface area contributed by atoms with Crippen molar-refractivity contribution >= 4 is 17.6 Å². The summed E-state index contributed by atoms with van der Waals surface area (Å²) in [6.07, 6.45) is 12.3. The first-order chi connectivity index (χ1) is 14.1. The van der Waals surface area contributed by atoms with Crippen LogP contribution in [0.1, 0.15) is 44.1 Å². The molecule has 4 saturated carbocycles. The van der Waals surface area contributed by atoms with Crippen molar-refractivity contribution in [3.8, 4) is 0 Å². The lowest BCUT2D eigenvalue weighted by Crippen LogP contribution is -2.54. The second-order valence-corrected chi connectivity index (χ2v) is 9.19. The first kappa shape index (κ1) is 18.3. The number of anilines is 1. The number of nitrogens with zero attached hydrogens (tertiary/aromatic N) is 3. The van der Waals surface area contributed by atoms with E-state index in [-0.39, 0.29) is 23.8 Å². The summed E-state index contributed by atoms with van der Waals surface area (Å²) in [5.41, 5.74) is 0.816. The molecule has 0 aliphatic heterocycles. The number of amides is 2. The second-order valence-electron chi connectivity index (χ2n) is 9.19. The molecule has 0 aromatic carbocycles. The molecule has 7 nitrogen and oxygen atoms in total. The summed E-state index contributed by atoms with van der Waals surface area (Å²) in [5.74, 6) is 2.46. The molecule has 0 atom stereocenters. The molecule has 7 heteroatoms. The van der Waals surface area contributed by atoms with Crippen molar-refractivity contribution in [2.24, 2.45) is 23.2 Å². The van der Waals surface area contributed by atoms with Crippen molar-refractivity contribution in [2.75, 3.05) is 11.9 Å². The number of carbonyl (C=O) groups excluding carboxylic acids is 2. The Hall–Kier alpha value is -2.70. The minimum atomic E-state index is -0.241. The molecule has 6 rings (SSSR count). The fourth-order valence-electron chi connectivity index (χ4n) is 6.12. The minimum Gasteiger partial charge on any atom is -0.347 e. The van der Waals surface area contributed by atoms with Gasteiger partial charge in [-0.2, -0.15) is 5.10 Å². The van der Waals surface area contributed by atoms with Crippen molar-refractivity contribution in [2.45, 2.75) is 45.1 Å². The van der Waals surface area contributed by atoms with Gasteiger partial charge in [0.1, 0.15) is 0 Å². The Bertz CT molecular complexity index is 872. The quantitative estimate of drug-likeness (QED) is 0.790. The van der Waals surface area contributed by atoms with E-state index in [1.165, 1.54) is 19.3 Å². The van der Waals surface area contributed by atoms with E-state index in [9.17, 15) is 9.59 Å². The van der Waals surface area contributed by atoms with Gasteiger partial charge in [-0.25, -0.2) is 0 Å². The Labute approximate surface area is 170 Å². The van der Waals surface area contributed by atoms with Gasteiger partial charge in [-0.1, -0.05) is 6.07 Å². The van der Waals surface area contributed by atoms with Crippen LogP contribution in [-0.2, 0) is 16.1 Å². The number of nitrogens with one attached hydrogen (secondary N) is 2. The lowest BCUT2D eigenvalue weighted by atomic mass is 9.49. The second kappa shape index (κ2) is 7.28. The average Bonchev–Trinajstić information content (AvgIpc) is 3.12. The summed E-state index contributed by atoms with van der Waals surface area (Å²) < 4.78 is 1.75. The van der Waals surface area contributed by atoms with Crippen LogP contribution in [0.25, 0.3) is 0 Å². The maximum Gasteiger partial charge on any atom is 0.244 e. The number of carbonyl (C=O) groups is 2. The van der Waals surface area contributed by atoms with Crippen LogP contribution in [0.5, 0.6) is 0 Å². The van der Waals surface area contributed by atoms with Crippen LogP contribution in [0.3, 0.4) is 0 Å². The van der Waals surface area contributed by atoms with Crippen molar-refractivity contribution in [3.63, 3.8) is 0 Å². The van der Waals surface area contributed by atoms with E-state index < -0.39 is 0 Å². The van der Waals surface area contributed by atoms with Crippen LogP contribution >= 0.6 is 0 Å². The van der Waals surface area contributed by atoms with Crippen LogP contribution in [0, 0.1) is 23.2 Å². The highest BCUT2D eigenvalue weighted by Gasteiger charge is 2.54. The van der Waals surface area contributed by atoms with Gasteiger partial charge in [0.25, 0.3) is 0 Å². The molecule has 4 bridgehead atoms. The number of aromatic nitrogens is 3. The molecule has 4 aliphatic carbocycles. The first-order valence-electron chi connectivity index (χ1n) is 10.6. The van der Waals surface area contributed by atoms with Gasteiger partial charge in [0.15, 0.2) is 5.82 Å². The average molecular weight is 393 g/mol. The first-order valence-corrected chi connectivity index (χ1v) is 10.6. The molecule has 29 heavy (non-hydrogen) atoms. The molecular weight excluding hydrogens is 366 g/mol. The molecule has 2 aromatic rings. The van der Waals surface area contributed by atoms with E-state index in [1.807, 2.05) is 18.3 Å². The third-order valence-electron chi connectivity index (χ3n) is 6.90. The van der Waals surface area contributed by atoms with Crippen molar-refractivity contribution in [1.82, 2.24) is 20.1 Å². The zero-order valence-electron chi connectivity index (χ0n) is 16.5. The van der Waals surface area contributed by atoms with E-state index in [0.717, 1.165) is 24.8 Å². The summed E-state index contributed by atoms with van der Waals surface area (Å²) in [5, 5.41) is 10.1. The molecule has 2 aromatic heterocycles. The lowest BCUT2D eigenvalue weighted by Gasteiger charge is -2.55. The third-order valence-corrected chi connectivity index (χ3v) is 6.90. The largest absolute Gasteiger partial charge is 0.347 e. The van der Waals surface area contributed by atoms with Gasteiger partial charge in [0, 0.05) is 30.1 Å². The van der Waals surface area contributed by atoms with Crippen LogP contribution in [0.4, 0.5) is 5.82 Å². The summed E-state index contributed by atoms with van der Waals surface area (Å²) >= 11 is 0. The third kappa shape index (κ3) is 3.78. The fourth-order valence-corrected chi connectivity index (χ4v) is 6.12. The zero-order chi connectivity index (χ0) is 19.8. The van der Waals surface area contributed by atoms with Gasteiger partial charge in [0.05, 0.1) is 13.1 Å². The highest BCUT2D eigenvalue weighted by atomic mass is 16.2. The number of hydrogen-bond acceptors (Lipinski definition) is 4. The molecule has 2 amide bonds. The van der Waals surface area contributed by atoms with E-state index in [4.69, 9.17) is 0 Å². The van der Waals surface area contributed by atoms with Crippen LogP contribution in [0.15, 0.2) is 36.8 Å². The Morgan fingerprint density at radius 2 is 1.83 bits per heavy atom. The van der Waals surface area contributed by atoms with Gasteiger partial charge >= 0.3 is 0 Å². The van der Waals surface area contributed by atoms with E-state index >= 15 is 0 Å². The highest BCUT2D eigenvalue weighted by molar-refractivity contribution is 5.94. The summed E-state index contributed by atoms with van der Waals surface area (Å²) in [6, 6.07) is 5.62. The zero-order valence-corrected chi connectivity index (χ0v) is 16.5. The molecule has 152 valence electrons. The Kier molecular flexibility index (Phi) is 4.60. The standard InChI is InChI=1S/C22H27N5O2/c28-20(25-19-3-5-27(26-19)14-15-2-1-4-23-12-15)13-24-21(29)22-9-16-6-17(10-22)8-18(7-16)11-22/h1-5,12,16-18H,6-11,13-14H2,(H,24,29)(H,25,26,28). The van der Waals surface area contributed by atoms with Gasteiger partial charge in [-0.15, -0.1) is 0 Å². The molecule has 4 aliphatic rings. The predicted octanol–water partition coefficient (Wildman–Crippen LogP) is 2.60. The van der Waals surface area contributed by atoms with Gasteiger partial charge in [0.2, 0.25) is 11.8 Å². The van der Waals surface area contributed by atoms with E-state index in [2.05, 4.69) is 20.7 Å². The van der Waals surface area contributed by atoms with Gasteiger partial charge in [-0.3, -0.25) is 19.3 Å². The molecule has 0 spiro atoms. The van der Waals surface area contributed by atoms with Crippen molar-refractivity contribution in [3.05, 3.63) is 42.4 Å². The number of pyridine rings is 1. The molecule has 2 N–H and O–H groups in total. The van der Waals surface area contributed by atoms with E-state index in [1.54, 1.807) is 23.1 Å². The maximum atomic E-state index is 12.9. The maximum absolute atomic E-state index is 12.9. The van der Waals surface area contributed by atoms with Crippen LogP contribution < -0.4 is 10.6 Å². The summed E-state index contributed by atoms with van der Waals surface area (Å²) in [4.78, 5) is 29.4. The SMILES string of the molecule is O=C(CNC(=O)C12CC3CC(CC(C3)C1)C2)Nc1ccn(Cc2cccnc2)n1. The molecule has 0 unspecified atom stereocenters. The predicted molar refractivity (Wildman–Crippen MR) is 108 cm³/mol. The van der Waals surface area contributed by atoms with Crippen molar-refractivity contribution in [1.29, 1.82) is 0 Å². The Balaban J connectivity index is 1.13. The minimum absolute atomic E-state index is 0.00392. The molecule has 0 saturated heterocycles. The molecule has 4 fully saturated rings. The molecule has 0 radical (unpaired) electrons. The van der Waals surface area contributed by atoms with Gasteiger partial charge < -0.3 is 10.6 Å². The van der Waals surface area contributed by atoms with Crippen LogP contribution in [-0.4, -0.2) is 33.1 Å². The fraction of sp³-hybridized carbons (Fsp3) is 0.545. The topological polar surface area (TPSA) is 88.9 Å². The van der Waals surface area contributed by atoms with Crippen LogP contribution in [0.2, 0.25) is 0 Å². The number of hydrogen-bond donors (Lipinski definition) is 2. The van der Waals surface area contributed by atoms with Crippen molar-refractivity contribution < 1.29 is 9.59 Å². The lowest BCUT2D eigenvalue weighted by molar-refractivity contribution is -0.146. The molecular formula is C22H27N5O2. The normalized spacial score (nSPS) is 29.6. The Morgan fingerprint density at radius 3 is 2.48 bits per heavy atom. The van der Waals surface area contributed by atoms with Gasteiger partial charge in [-0.05, 0) is 67.9 Å². The monoisotopic (exact) mass is 393 g/mol. The summed E-state index contributed by atoms with van der Waals surface area (Å²) in [7, 11) is 0.